The zero-order valence-electron chi connectivity index (χ0n) is 13.4. The number of hydrogen-bond acceptors (Lipinski definition) is 4. The Bertz CT molecular complexity index is 920. The van der Waals surface area contributed by atoms with Crippen LogP contribution in [0.2, 0.25) is 0 Å². The van der Waals surface area contributed by atoms with Gasteiger partial charge in [-0.2, -0.15) is 5.10 Å². The number of aliphatic hydroxyl groups is 1. The predicted octanol–water partition coefficient (Wildman–Crippen LogP) is 3.45. The quantitative estimate of drug-likeness (QED) is 0.749. The number of benzene rings is 2. The van der Waals surface area contributed by atoms with E-state index in [-0.39, 0.29) is 5.56 Å². The molecule has 0 fully saturated rings. The van der Waals surface area contributed by atoms with E-state index in [4.69, 9.17) is 0 Å². The minimum atomic E-state index is -1.21. The first-order valence-electron chi connectivity index (χ1n) is 7.80. The third-order valence-electron chi connectivity index (χ3n) is 4.30. The van der Waals surface area contributed by atoms with E-state index in [1.807, 2.05) is 31.3 Å². The van der Waals surface area contributed by atoms with E-state index in [1.54, 1.807) is 15.8 Å². The Balaban J connectivity index is 1.82. The third-order valence-corrected chi connectivity index (χ3v) is 4.30. The van der Waals surface area contributed by atoms with Gasteiger partial charge in [-0.05, 0) is 24.3 Å². The van der Waals surface area contributed by atoms with E-state index in [0.717, 1.165) is 41.0 Å². The number of para-hydroxylation sites is 2. The molecule has 0 saturated carbocycles. The molecule has 1 aliphatic rings. The van der Waals surface area contributed by atoms with E-state index >= 15 is 0 Å². The van der Waals surface area contributed by atoms with Crippen molar-refractivity contribution in [2.45, 2.75) is 12.8 Å². The summed E-state index contributed by atoms with van der Waals surface area (Å²) in [6, 6.07) is 10.5. The van der Waals surface area contributed by atoms with Crippen LogP contribution in [0.25, 0.3) is 0 Å². The minimum Gasteiger partial charge on any atom is -0.369 e. The fourth-order valence-electron chi connectivity index (χ4n) is 3.11. The molecule has 3 aromatic rings. The lowest BCUT2D eigenvalue weighted by Gasteiger charge is -2.30. The smallest absolute Gasteiger partial charge is 0.153 e. The van der Waals surface area contributed by atoms with Crippen molar-refractivity contribution in [1.29, 1.82) is 0 Å². The standard InChI is InChI=1S/C18H16F2N4O/c1-23-17-12(9-21-23)10-24(16-5-3-2-4-15(16)22-17)18(25)11-6-13(19)8-14(20)7-11/h2-9,18,22,25H,10H2,1H3. The fourth-order valence-corrected chi connectivity index (χ4v) is 3.11. The SMILES string of the molecule is Cn1ncc2c1Nc1ccccc1N(C(O)c1cc(F)cc(F)c1)C2. The Morgan fingerprint density at radius 2 is 1.88 bits per heavy atom. The topological polar surface area (TPSA) is 53.3 Å². The average molecular weight is 342 g/mol. The average Bonchev–Trinajstić information content (AvgIpc) is 2.83. The molecule has 1 aromatic heterocycles. The molecule has 2 heterocycles. The molecule has 128 valence electrons. The number of anilines is 3. The normalized spacial score (nSPS) is 14.3. The number of halogens is 2. The minimum absolute atomic E-state index is 0.152. The summed E-state index contributed by atoms with van der Waals surface area (Å²) in [7, 11) is 1.82. The van der Waals surface area contributed by atoms with Crippen molar-refractivity contribution in [3.05, 3.63) is 71.4 Å². The van der Waals surface area contributed by atoms with Crippen molar-refractivity contribution in [3.63, 3.8) is 0 Å². The van der Waals surface area contributed by atoms with Crippen LogP contribution in [0.1, 0.15) is 17.4 Å². The predicted molar refractivity (Wildman–Crippen MR) is 90.4 cm³/mol. The number of aliphatic hydroxyl groups excluding tert-OH is 1. The molecule has 0 radical (unpaired) electrons. The summed E-state index contributed by atoms with van der Waals surface area (Å²) in [5.41, 5.74) is 2.53. The second-order valence-corrected chi connectivity index (χ2v) is 5.99. The zero-order valence-corrected chi connectivity index (χ0v) is 13.4. The van der Waals surface area contributed by atoms with E-state index < -0.39 is 17.9 Å². The van der Waals surface area contributed by atoms with E-state index in [2.05, 4.69) is 10.4 Å². The molecule has 0 amide bonds. The molecule has 5 nitrogen and oxygen atoms in total. The van der Waals surface area contributed by atoms with Crippen molar-refractivity contribution in [1.82, 2.24) is 9.78 Å². The van der Waals surface area contributed by atoms with Crippen LogP contribution < -0.4 is 10.2 Å². The van der Waals surface area contributed by atoms with Crippen LogP contribution in [0.3, 0.4) is 0 Å². The van der Waals surface area contributed by atoms with Gasteiger partial charge in [0.15, 0.2) is 6.23 Å². The molecular weight excluding hydrogens is 326 g/mol. The highest BCUT2D eigenvalue weighted by Crippen LogP contribution is 2.39. The summed E-state index contributed by atoms with van der Waals surface area (Å²) in [6.07, 6.45) is 0.499. The molecule has 1 aliphatic heterocycles. The Kier molecular flexibility index (Phi) is 3.65. The van der Waals surface area contributed by atoms with E-state index in [1.165, 1.54) is 0 Å². The summed E-state index contributed by atoms with van der Waals surface area (Å²) in [4.78, 5) is 1.68. The van der Waals surface area contributed by atoms with Crippen LogP contribution in [0.15, 0.2) is 48.7 Å². The first kappa shape index (κ1) is 15.6. The Labute approximate surface area is 143 Å². The van der Waals surface area contributed by atoms with Crippen molar-refractivity contribution in [3.8, 4) is 0 Å². The number of aryl methyl sites for hydroxylation is 1. The maximum atomic E-state index is 13.6. The molecule has 4 rings (SSSR count). The van der Waals surface area contributed by atoms with E-state index in [0.29, 0.717) is 6.54 Å². The van der Waals surface area contributed by atoms with Gasteiger partial charge in [-0.25, -0.2) is 8.78 Å². The molecule has 0 saturated heterocycles. The van der Waals surface area contributed by atoms with Crippen LogP contribution in [0.4, 0.5) is 26.0 Å². The molecule has 1 atom stereocenters. The number of rotatable bonds is 2. The lowest BCUT2D eigenvalue weighted by atomic mass is 10.1. The molecule has 25 heavy (non-hydrogen) atoms. The molecule has 0 aliphatic carbocycles. The Morgan fingerprint density at radius 1 is 1.16 bits per heavy atom. The van der Waals surface area contributed by atoms with Gasteiger partial charge in [0.2, 0.25) is 0 Å². The number of aromatic nitrogens is 2. The number of nitrogens with zero attached hydrogens (tertiary/aromatic N) is 3. The summed E-state index contributed by atoms with van der Waals surface area (Å²) >= 11 is 0. The summed E-state index contributed by atoms with van der Waals surface area (Å²) in [5, 5.41) is 18.4. The van der Waals surface area contributed by atoms with Crippen molar-refractivity contribution >= 4 is 17.2 Å². The molecular formula is C18H16F2N4O. The monoisotopic (exact) mass is 342 g/mol. The lowest BCUT2D eigenvalue weighted by Crippen LogP contribution is -2.27. The van der Waals surface area contributed by atoms with Crippen LogP contribution in [0, 0.1) is 11.6 Å². The fraction of sp³-hybridized carbons (Fsp3) is 0.167. The maximum Gasteiger partial charge on any atom is 0.153 e. The Hall–Kier alpha value is -2.93. The first-order chi connectivity index (χ1) is 12.0. The van der Waals surface area contributed by atoms with Crippen LogP contribution >= 0.6 is 0 Å². The highest BCUT2D eigenvalue weighted by molar-refractivity contribution is 5.77. The van der Waals surface area contributed by atoms with E-state index in [9.17, 15) is 13.9 Å². The van der Waals surface area contributed by atoms with Gasteiger partial charge in [-0.1, -0.05) is 12.1 Å². The maximum absolute atomic E-state index is 13.6. The zero-order chi connectivity index (χ0) is 17.6. The van der Waals surface area contributed by atoms with Crippen LogP contribution in [-0.4, -0.2) is 14.9 Å². The van der Waals surface area contributed by atoms with Gasteiger partial charge in [0.05, 0.1) is 24.1 Å². The number of fused-ring (bicyclic) bond motifs is 2. The largest absolute Gasteiger partial charge is 0.369 e. The van der Waals surface area contributed by atoms with Gasteiger partial charge in [0, 0.05) is 24.2 Å². The second-order valence-electron chi connectivity index (χ2n) is 5.99. The van der Waals surface area contributed by atoms with Crippen molar-refractivity contribution in [2.75, 3.05) is 10.2 Å². The highest BCUT2D eigenvalue weighted by Gasteiger charge is 2.27. The molecule has 0 spiro atoms. The lowest BCUT2D eigenvalue weighted by molar-refractivity contribution is 0.169. The Morgan fingerprint density at radius 3 is 2.64 bits per heavy atom. The molecule has 7 heteroatoms. The van der Waals surface area contributed by atoms with Crippen molar-refractivity contribution in [2.24, 2.45) is 7.05 Å². The molecule has 2 N–H and O–H groups in total. The molecule has 1 unspecified atom stereocenters. The van der Waals surface area contributed by atoms with Gasteiger partial charge in [0.25, 0.3) is 0 Å². The number of hydrogen-bond donors (Lipinski definition) is 2. The summed E-state index contributed by atoms with van der Waals surface area (Å²) in [6.45, 7) is 0.340. The van der Waals surface area contributed by atoms with Gasteiger partial charge < -0.3 is 15.3 Å². The van der Waals surface area contributed by atoms with Gasteiger partial charge in [0.1, 0.15) is 17.5 Å². The summed E-state index contributed by atoms with van der Waals surface area (Å²) < 4.78 is 28.9. The van der Waals surface area contributed by atoms with Crippen LogP contribution in [-0.2, 0) is 13.6 Å². The molecule has 0 bridgehead atoms. The first-order valence-corrected chi connectivity index (χ1v) is 7.80. The highest BCUT2D eigenvalue weighted by atomic mass is 19.1. The molecule has 2 aromatic carbocycles. The second kappa shape index (κ2) is 5.86. The van der Waals surface area contributed by atoms with Crippen LogP contribution in [0.5, 0.6) is 0 Å². The van der Waals surface area contributed by atoms with Gasteiger partial charge in [-0.3, -0.25) is 4.68 Å². The van der Waals surface area contributed by atoms with Gasteiger partial charge >= 0.3 is 0 Å². The van der Waals surface area contributed by atoms with Gasteiger partial charge in [-0.15, -0.1) is 0 Å². The van der Waals surface area contributed by atoms with Crippen molar-refractivity contribution < 1.29 is 13.9 Å². The summed E-state index contributed by atoms with van der Waals surface area (Å²) in [5.74, 6) is -0.637. The third kappa shape index (κ3) is 2.72. The number of nitrogens with one attached hydrogen (secondary N) is 1.